The number of ketones is 1. The molecule has 0 bridgehead atoms. The number of nitrogens with zero attached hydrogens (tertiary/aromatic N) is 3. The molecular weight excluding hydrogens is 343 g/mol. The van der Waals surface area contributed by atoms with Crippen molar-refractivity contribution in [1.29, 1.82) is 0 Å². The van der Waals surface area contributed by atoms with E-state index in [-0.39, 0.29) is 5.78 Å². The van der Waals surface area contributed by atoms with Gasteiger partial charge in [0.2, 0.25) is 0 Å². The van der Waals surface area contributed by atoms with E-state index in [1.165, 1.54) is 12.8 Å². The summed E-state index contributed by atoms with van der Waals surface area (Å²) in [6.07, 6.45) is 8.64. The Bertz CT molecular complexity index is 567. The second-order valence-electron chi connectivity index (χ2n) is 4.60. The van der Waals surface area contributed by atoms with Gasteiger partial charge in [0.15, 0.2) is 11.6 Å². The number of aromatic nitrogens is 2. The molecule has 2 aliphatic rings. The molecule has 110 valence electrons. The number of hydrogen-bond donors (Lipinski definition) is 0. The van der Waals surface area contributed by atoms with Crippen LogP contribution >= 0.6 is 38.9 Å². The van der Waals surface area contributed by atoms with Gasteiger partial charge in [-0.15, -0.1) is 0 Å². The van der Waals surface area contributed by atoms with Gasteiger partial charge in [-0.2, -0.15) is 5.10 Å². The minimum atomic E-state index is -3.22. The first-order chi connectivity index (χ1) is 9.36. The first kappa shape index (κ1) is 16.0. The summed E-state index contributed by atoms with van der Waals surface area (Å²) in [7, 11) is 0. The van der Waals surface area contributed by atoms with Crippen LogP contribution in [0.5, 0.6) is 0 Å². The third-order valence-corrected chi connectivity index (χ3v) is 3.23. The lowest BCUT2D eigenvalue weighted by molar-refractivity contribution is 0.100. The number of halogens is 3. The Morgan fingerprint density at radius 3 is 2.45 bits per heavy atom. The molecule has 0 saturated heterocycles. The van der Waals surface area contributed by atoms with E-state index >= 15 is 0 Å². The quantitative estimate of drug-likeness (QED) is 0.658. The van der Waals surface area contributed by atoms with Crippen LogP contribution < -0.4 is 0 Å². The van der Waals surface area contributed by atoms with E-state index in [2.05, 4.69) is 43.8 Å². The van der Waals surface area contributed by atoms with Crippen LogP contribution in [0.25, 0.3) is 0 Å². The summed E-state index contributed by atoms with van der Waals surface area (Å²) in [5, 5.41) is 1.09. The van der Waals surface area contributed by atoms with Gasteiger partial charge in [0.25, 0.3) is 0 Å². The number of carbonyl (C=O) groups excluding carboxylic acids is 1. The molecule has 1 aliphatic carbocycles. The van der Waals surface area contributed by atoms with E-state index in [9.17, 15) is 9.36 Å². The first-order valence-corrected chi connectivity index (χ1v) is 10.6. The maximum absolute atomic E-state index is 11.6. The monoisotopic (exact) mass is 355 g/mol. The van der Waals surface area contributed by atoms with Crippen molar-refractivity contribution in [2.24, 2.45) is 4.99 Å². The molecule has 9 heteroatoms. The van der Waals surface area contributed by atoms with Crippen molar-refractivity contribution in [3.63, 3.8) is 0 Å². The van der Waals surface area contributed by atoms with Gasteiger partial charge >= 0.3 is 5.20 Å². The number of hydrogen-bond acceptors (Lipinski definition) is 4. The Hall–Kier alpha value is -0.350. The van der Waals surface area contributed by atoms with Crippen molar-refractivity contribution in [1.82, 2.24) is 9.78 Å². The molecule has 0 radical (unpaired) electrons. The van der Waals surface area contributed by atoms with Crippen LogP contribution in [0.3, 0.4) is 0 Å². The lowest BCUT2D eigenvalue weighted by Crippen LogP contribution is -2.09. The van der Waals surface area contributed by atoms with Gasteiger partial charge in [-0.3, -0.25) is 9.36 Å². The molecule has 0 unspecified atom stereocenters. The minimum absolute atomic E-state index is 0.143. The van der Waals surface area contributed by atoms with Crippen LogP contribution in [0.1, 0.15) is 48.5 Å². The Morgan fingerprint density at radius 2 is 1.85 bits per heavy atom. The Kier molecular flexibility index (Phi) is 5.30. The minimum Gasteiger partial charge on any atom is -0.294 e. The Morgan fingerprint density at radius 1 is 1.25 bits per heavy atom. The Balaban J connectivity index is 0.000000257. The van der Waals surface area contributed by atoms with Crippen LogP contribution in [-0.4, -0.2) is 21.8 Å². The molecule has 5 nitrogen and oxygen atoms in total. The highest BCUT2D eigenvalue weighted by molar-refractivity contribution is 8.24. The van der Waals surface area contributed by atoms with Crippen LogP contribution in [0, 0.1) is 0 Å². The third-order valence-electron chi connectivity index (χ3n) is 3.23. The second-order valence-corrected chi connectivity index (χ2v) is 11.2. The topological polar surface area (TPSA) is 64.3 Å². The van der Waals surface area contributed by atoms with E-state index in [0.29, 0.717) is 18.0 Å². The molecule has 1 aromatic heterocycles. The molecule has 2 heterocycles. The highest BCUT2D eigenvalue weighted by Gasteiger charge is 2.25. The van der Waals surface area contributed by atoms with Crippen molar-refractivity contribution >= 4 is 56.7 Å². The number of rotatable bonds is 1. The maximum atomic E-state index is 11.6. The van der Waals surface area contributed by atoms with E-state index < -0.39 is 5.20 Å². The van der Waals surface area contributed by atoms with Gasteiger partial charge in [0, 0.05) is 12.6 Å². The first-order valence-electron chi connectivity index (χ1n) is 6.18. The summed E-state index contributed by atoms with van der Waals surface area (Å²) in [4.78, 5) is 15.9. The average molecular weight is 357 g/mol. The molecule has 20 heavy (non-hydrogen) atoms. The molecule has 1 saturated carbocycles. The van der Waals surface area contributed by atoms with Crippen LogP contribution in [-0.2, 0) is 4.57 Å². The number of Topliss-reactive ketones (excluding diaryl/α,β-unsaturated/α-hetero) is 1. The fourth-order valence-corrected chi connectivity index (χ4v) is 2.42. The van der Waals surface area contributed by atoms with Gasteiger partial charge < -0.3 is 0 Å². The fraction of sp³-hybridized carbons (Fsp3) is 0.545. The highest BCUT2D eigenvalue weighted by atomic mass is 36.0. The van der Waals surface area contributed by atoms with Crippen molar-refractivity contribution in [3.05, 3.63) is 11.8 Å². The molecule has 1 aromatic rings. The summed E-state index contributed by atoms with van der Waals surface area (Å²) in [5.74, 6) is 0.919. The third kappa shape index (κ3) is 4.32. The number of fused-ring (bicyclic) bond motifs is 1. The molecule has 0 atom stereocenters. The standard InChI is InChI=1S/C11H13N3O.Cl3OP/c15-10-5-6-12-11-9(10)7-13-14(11)8-3-1-2-4-8;1-5(2,3)4/h6-8H,1-5H2;. The smallest absolute Gasteiger partial charge is 0.294 e. The van der Waals surface area contributed by atoms with Crippen molar-refractivity contribution in [3.8, 4) is 0 Å². The zero-order valence-corrected chi connectivity index (χ0v) is 13.7. The zero-order valence-electron chi connectivity index (χ0n) is 10.5. The van der Waals surface area contributed by atoms with E-state index in [0.717, 1.165) is 18.7 Å². The average Bonchev–Trinajstić information content (AvgIpc) is 2.94. The molecular formula is C11H13Cl3N3O2P. The van der Waals surface area contributed by atoms with Gasteiger partial charge in [0.1, 0.15) is 0 Å². The van der Waals surface area contributed by atoms with Crippen molar-refractivity contribution in [2.45, 2.75) is 38.1 Å². The molecule has 1 fully saturated rings. The maximum Gasteiger partial charge on any atom is 0.339 e. The van der Waals surface area contributed by atoms with Gasteiger partial charge in [-0.1, -0.05) is 12.8 Å². The van der Waals surface area contributed by atoms with Crippen LogP contribution in [0.4, 0.5) is 5.82 Å². The van der Waals surface area contributed by atoms with Crippen LogP contribution in [0.2, 0.25) is 0 Å². The molecule has 1 aliphatic heterocycles. The van der Waals surface area contributed by atoms with Crippen LogP contribution in [0.15, 0.2) is 11.2 Å². The lowest BCUT2D eigenvalue weighted by Gasteiger charge is -2.13. The zero-order chi connectivity index (χ0) is 14.8. The molecule has 0 N–H and O–H groups in total. The van der Waals surface area contributed by atoms with E-state index in [4.69, 9.17) is 0 Å². The predicted molar refractivity (Wildman–Crippen MR) is 82.0 cm³/mol. The Labute approximate surface area is 131 Å². The molecule has 0 spiro atoms. The second kappa shape index (κ2) is 6.61. The van der Waals surface area contributed by atoms with Gasteiger partial charge in [0.05, 0.1) is 17.8 Å². The predicted octanol–water partition coefficient (Wildman–Crippen LogP) is 5.10. The number of carbonyl (C=O) groups is 1. The largest absolute Gasteiger partial charge is 0.339 e. The summed E-state index contributed by atoms with van der Waals surface area (Å²) >= 11 is 13.8. The normalized spacial score (nSPS) is 18.6. The van der Waals surface area contributed by atoms with Gasteiger partial charge in [-0.05, 0) is 46.6 Å². The van der Waals surface area contributed by atoms with E-state index in [1.807, 2.05) is 4.68 Å². The molecule has 0 aromatic carbocycles. The lowest BCUT2D eigenvalue weighted by atomic mass is 10.1. The summed E-state index contributed by atoms with van der Waals surface area (Å²) in [5.41, 5.74) is 0.699. The number of aliphatic imine (C=N–C) groups is 1. The molecule has 0 amide bonds. The highest BCUT2D eigenvalue weighted by Crippen LogP contribution is 2.61. The summed E-state index contributed by atoms with van der Waals surface area (Å²) in [6, 6.07) is 0.455. The summed E-state index contributed by atoms with van der Waals surface area (Å²) in [6.45, 7) is 0. The van der Waals surface area contributed by atoms with E-state index in [1.54, 1.807) is 12.4 Å². The van der Waals surface area contributed by atoms with Gasteiger partial charge in [-0.25, -0.2) is 9.67 Å². The summed E-state index contributed by atoms with van der Waals surface area (Å²) < 4.78 is 11.5. The SMILES string of the molecule is O=C1CC=Nc2c1cnn2C1CCCC1.O=P(Cl)(Cl)Cl. The fourth-order valence-electron chi connectivity index (χ4n) is 2.42. The van der Waals surface area contributed by atoms with Crippen molar-refractivity contribution < 1.29 is 9.36 Å². The van der Waals surface area contributed by atoms with Crippen molar-refractivity contribution in [2.75, 3.05) is 0 Å². The molecule has 3 rings (SSSR count).